The van der Waals surface area contributed by atoms with Crippen molar-refractivity contribution < 1.29 is 14.3 Å². The van der Waals surface area contributed by atoms with Crippen molar-refractivity contribution in [2.24, 2.45) is 7.05 Å². The van der Waals surface area contributed by atoms with Crippen molar-refractivity contribution in [2.45, 2.75) is 91.8 Å². The fourth-order valence-corrected chi connectivity index (χ4v) is 7.99. The number of hydrogen-bond donors (Lipinski definition) is 1. The molecule has 2 aliphatic rings. The van der Waals surface area contributed by atoms with Crippen LogP contribution in [0.2, 0.25) is 5.02 Å². The summed E-state index contributed by atoms with van der Waals surface area (Å²) in [7, 11) is 1.96. The van der Waals surface area contributed by atoms with Crippen LogP contribution in [0.4, 0.5) is 0 Å². The Hall–Kier alpha value is -3.85. The van der Waals surface area contributed by atoms with E-state index in [1.807, 2.05) is 83.6 Å². The molecular formula is C42H54ClN5O3. The highest BCUT2D eigenvalue weighted by Gasteiger charge is 2.48. The van der Waals surface area contributed by atoms with Crippen molar-refractivity contribution in [3.63, 3.8) is 0 Å². The first-order chi connectivity index (χ1) is 24.5. The van der Waals surface area contributed by atoms with Crippen molar-refractivity contribution in [1.82, 2.24) is 24.6 Å². The van der Waals surface area contributed by atoms with Crippen LogP contribution in [0.1, 0.15) is 81.3 Å². The number of halogens is 1. The lowest BCUT2D eigenvalue weighted by Crippen LogP contribution is -2.53. The summed E-state index contributed by atoms with van der Waals surface area (Å²) in [5.74, 6) is 0.561. The minimum absolute atomic E-state index is 0.228. The molecule has 5 aromatic rings. The number of aromatic nitrogens is 3. The van der Waals surface area contributed by atoms with Gasteiger partial charge in [-0.05, 0) is 83.4 Å². The number of piperazine rings is 1. The zero-order chi connectivity index (χ0) is 36.5. The molecule has 1 aliphatic carbocycles. The second kappa shape index (κ2) is 15.0. The number of nitrogens with zero attached hydrogens (tertiary/aromatic N) is 4. The molecule has 1 saturated carbocycles. The van der Waals surface area contributed by atoms with Gasteiger partial charge in [0.05, 0.1) is 22.8 Å². The largest absolute Gasteiger partial charge is 0.493 e. The molecule has 1 spiro atoms. The third-order valence-electron chi connectivity index (χ3n) is 10.3. The van der Waals surface area contributed by atoms with Gasteiger partial charge in [0.2, 0.25) is 0 Å². The molecule has 8 nitrogen and oxygen atoms in total. The number of ether oxygens (including phenoxy) is 2. The molecule has 1 saturated heterocycles. The van der Waals surface area contributed by atoms with Crippen LogP contribution in [-0.4, -0.2) is 69.1 Å². The number of fused-ring (bicyclic) bond motifs is 2. The SMILES string of the molecule is CC.Cc1nn(C)c(C)c1-c1c(Cl)ccc2c(CCCOc3cccc4ccccc34)c(C(=O)OC(C)(C)C)n(CCN3CCNCC34CC4)c12. The average Bonchev–Trinajstić information content (AvgIpc) is 3.73. The summed E-state index contributed by atoms with van der Waals surface area (Å²) in [6, 6.07) is 18.5. The Labute approximate surface area is 308 Å². The Bertz CT molecular complexity index is 2030. The van der Waals surface area contributed by atoms with Crippen molar-refractivity contribution in [3.05, 3.63) is 82.3 Å². The molecule has 0 bridgehead atoms. The highest BCUT2D eigenvalue weighted by molar-refractivity contribution is 6.35. The van der Waals surface area contributed by atoms with Crippen LogP contribution in [0.3, 0.4) is 0 Å². The van der Waals surface area contributed by atoms with Gasteiger partial charge in [-0.1, -0.05) is 67.9 Å². The summed E-state index contributed by atoms with van der Waals surface area (Å²) in [6.45, 7) is 18.9. The van der Waals surface area contributed by atoms with Crippen LogP contribution in [-0.2, 0) is 24.8 Å². The average molecular weight is 712 g/mol. The molecule has 7 rings (SSSR count). The Morgan fingerprint density at radius 1 is 0.980 bits per heavy atom. The molecule has 9 heteroatoms. The van der Waals surface area contributed by atoms with E-state index in [2.05, 4.69) is 46.0 Å². The predicted octanol–water partition coefficient (Wildman–Crippen LogP) is 8.90. The van der Waals surface area contributed by atoms with Gasteiger partial charge in [-0.15, -0.1) is 0 Å². The van der Waals surface area contributed by atoms with Gasteiger partial charge in [-0.3, -0.25) is 9.58 Å². The number of carbonyl (C=O) groups excluding carboxylic acids is 1. The molecule has 0 amide bonds. The molecule has 51 heavy (non-hydrogen) atoms. The van der Waals surface area contributed by atoms with Gasteiger partial charge in [0.25, 0.3) is 0 Å². The van der Waals surface area contributed by atoms with Crippen LogP contribution >= 0.6 is 11.6 Å². The third kappa shape index (κ3) is 7.41. The lowest BCUT2D eigenvalue weighted by molar-refractivity contribution is 0.00557. The molecule has 3 heterocycles. The Morgan fingerprint density at radius 3 is 2.43 bits per heavy atom. The molecular weight excluding hydrogens is 658 g/mol. The standard InChI is InChI=1S/C40H48ClN5O3.C2H6/c1-26-34(27(2)44(6)43-26)35-32(41)17-16-31-30(14-10-24-48-33-15-9-12-28-11-7-8-13-29(28)33)37(38(47)49-39(3,4)5)46(36(31)35)23-22-45-21-20-42-25-40(45)18-19-40;1-2/h7-9,11-13,15-17,42H,10,14,18-25H2,1-6H3;1-2H3. The fourth-order valence-electron chi connectivity index (χ4n) is 7.75. The van der Waals surface area contributed by atoms with Crippen LogP contribution in [0.5, 0.6) is 5.75 Å². The lowest BCUT2D eigenvalue weighted by atomic mass is 9.98. The van der Waals surface area contributed by atoms with Gasteiger partial charge in [-0.2, -0.15) is 5.10 Å². The molecule has 0 atom stereocenters. The monoisotopic (exact) mass is 711 g/mol. The zero-order valence-electron chi connectivity index (χ0n) is 31.7. The van der Waals surface area contributed by atoms with Gasteiger partial charge in [0.15, 0.2) is 0 Å². The van der Waals surface area contributed by atoms with Crippen LogP contribution < -0.4 is 10.1 Å². The van der Waals surface area contributed by atoms with Gasteiger partial charge in [0.1, 0.15) is 17.0 Å². The van der Waals surface area contributed by atoms with Gasteiger partial charge in [0, 0.05) is 72.9 Å². The lowest BCUT2D eigenvalue weighted by Gasteiger charge is -2.37. The minimum atomic E-state index is -0.652. The summed E-state index contributed by atoms with van der Waals surface area (Å²) in [5, 5.41) is 12.3. The number of hydrogen-bond acceptors (Lipinski definition) is 6. The number of benzene rings is 3. The van der Waals surface area contributed by atoms with E-state index >= 15 is 0 Å². The maximum atomic E-state index is 14.4. The molecule has 1 N–H and O–H groups in total. The quantitative estimate of drug-likeness (QED) is 0.115. The number of aryl methyl sites for hydroxylation is 3. The summed E-state index contributed by atoms with van der Waals surface area (Å²) in [4.78, 5) is 17.0. The number of rotatable bonds is 10. The van der Waals surface area contributed by atoms with E-state index < -0.39 is 5.60 Å². The van der Waals surface area contributed by atoms with Crippen molar-refractivity contribution >= 4 is 39.2 Å². The predicted molar refractivity (Wildman–Crippen MR) is 209 cm³/mol. The molecule has 0 unspecified atom stereocenters. The van der Waals surface area contributed by atoms with E-state index in [-0.39, 0.29) is 11.5 Å². The zero-order valence-corrected chi connectivity index (χ0v) is 32.4. The normalized spacial score (nSPS) is 15.6. The first-order valence-corrected chi connectivity index (χ1v) is 19.0. The summed E-state index contributed by atoms with van der Waals surface area (Å²) in [5.41, 5.74) is 6.01. The molecule has 2 fully saturated rings. The number of carbonyl (C=O) groups is 1. The van der Waals surface area contributed by atoms with E-state index in [9.17, 15) is 4.79 Å². The second-order valence-corrected chi connectivity index (χ2v) is 15.2. The maximum Gasteiger partial charge on any atom is 0.355 e. The highest BCUT2D eigenvalue weighted by Crippen LogP contribution is 2.44. The maximum absolute atomic E-state index is 14.4. The fraction of sp³-hybridized carbons (Fsp3) is 0.476. The van der Waals surface area contributed by atoms with E-state index in [1.54, 1.807) is 0 Å². The molecule has 0 radical (unpaired) electrons. The number of nitrogens with one attached hydrogen (secondary N) is 1. The topological polar surface area (TPSA) is 73.6 Å². The molecule has 3 aromatic carbocycles. The molecule has 272 valence electrons. The third-order valence-corrected chi connectivity index (χ3v) is 10.6. The molecule has 1 aliphatic heterocycles. The van der Waals surface area contributed by atoms with E-state index in [0.717, 1.165) is 88.1 Å². The Kier molecular flexibility index (Phi) is 10.9. The van der Waals surface area contributed by atoms with Crippen LogP contribution in [0.25, 0.3) is 32.8 Å². The minimum Gasteiger partial charge on any atom is -0.493 e. The van der Waals surface area contributed by atoms with E-state index in [1.165, 1.54) is 12.8 Å². The van der Waals surface area contributed by atoms with E-state index in [4.69, 9.17) is 26.2 Å². The van der Waals surface area contributed by atoms with E-state index in [0.29, 0.717) is 30.3 Å². The van der Waals surface area contributed by atoms with Crippen molar-refractivity contribution in [1.29, 1.82) is 0 Å². The Morgan fingerprint density at radius 2 is 1.73 bits per heavy atom. The van der Waals surface area contributed by atoms with Crippen LogP contribution in [0.15, 0.2) is 54.6 Å². The summed E-state index contributed by atoms with van der Waals surface area (Å²) < 4.78 is 16.7. The summed E-state index contributed by atoms with van der Waals surface area (Å²) >= 11 is 7.15. The second-order valence-electron chi connectivity index (χ2n) is 14.8. The van der Waals surface area contributed by atoms with Gasteiger partial charge >= 0.3 is 5.97 Å². The highest BCUT2D eigenvalue weighted by atomic mass is 35.5. The van der Waals surface area contributed by atoms with Crippen LogP contribution in [0, 0.1) is 13.8 Å². The number of esters is 1. The first-order valence-electron chi connectivity index (χ1n) is 18.6. The van der Waals surface area contributed by atoms with Crippen molar-refractivity contribution in [2.75, 3.05) is 32.8 Å². The van der Waals surface area contributed by atoms with Gasteiger partial charge < -0.3 is 19.4 Å². The van der Waals surface area contributed by atoms with Crippen molar-refractivity contribution in [3.8, 4) is 16.9 Å². The smallest absolute Gasteiger partial charge is 0.355 e. The van der Waals surface area contributed by atoms with Gasteiger partial charge in [-0.25, -0.2) is 4.79 Å². The Balaban J connectivity index is 0.00000220. The first kappa shape index (κ1) is 36.9. The molecule has 2 aromatic heterocycles. The summed E-state index contributed by atoms with van der Waals surface area (Å²) in [6.07, 6.45) is 3.78.